The van der Waals surface area contributed by atoms with Gasteiger partial charge in [0.25, 0.3) is 0 Å². The molecule has 148 valence electrons. The van der Waals surface area contributed by atoms with Crippen molar-refractivity contribution in [2.75, 3.05) is 11.4 Å². The standard InChI is InChI=1S/C22H28N4O2/c1-13-10-11-26(13)22-24-17-7-3-6-16(17)20(25-22)14-4-2-5-15(12-14)21(28)23-18-8-9-19(18)27/h2,4-5,12-13,18-19,21,23,27-28H,3,6-11H2,1H3/t13-,18?,19-,21?/m0/s1. The molecule has 2 heterocycles. The Morgan fingerprint density at radius 2 is 2.07 bits per heavy atom. The van der Waals surface area contributed by atoms with E-state index in [0.29, 0.717) is 6.04 Å². The SMILES string of the molecule is C[C@H]1CCN1c1nc2c(c(-c3cccc(C(O)NC4CC[C@@H]4O)c3)n1)CCC2. The molecule has 6 nitrogen and oxygen atoms in total. The van der Waals surface area contributed by atoms with E-state index in [4.69, 9.17) is 9.97 Å². The van der Waals surface area contributed by atoms with Crippen LogP contribution in [0, 0.1) is 0 Å². The molecule has 2 fully saturated rings. The minimum atomic E-state index is -0.787. The lowest BCUT2D eigenvalue weighted by Crippen LogP contribution is -2.49. The van der Waals surface area contributed by atoms with E-state index in [9.17, 15) is 10.2 Å². The van der Waals surface area contributed by atoms with Gasteiger partial charge in [-0.05, 0) is 57.1 Å². The molecule has 1 aromatic heterocycles. The summed E-state index contributed by atoms with van der Waals surface area (Å²) in [5.41, 5.74) is 5.28. The quantitative estimate of drug-likeness (QED) is 0.691. The van der Waals surface area contributed by atoms with Crippen LogP contribution >= 0.6 is 0 Å². The summed E-state index contributed by atoms with van der Waals surface area (Å²) in [4.78, 5) is 12.1. The summed E-state index contributed by atoms with van der Waals surface area (Å²) in [6.45, 7) is 3.24. The van der Waals surface area contributed by atoms with Crippen molar-refractivity contribution in [2.45, 2.75) is 69.9 Å². The maximum atomic E-state index is 10.6. The van der Waals surface area contributed by atoms with E-state index in [-0.39, 0.29) is 12.1 Å². The van der Waals surface area contributed by atoms with E-state index in [1.54, 1.807) is 0 Å². The van der Waals surface area contributed by atoms with Gasteiger partial charge in [-0.1, -0.05) is 18.2 Å². The fraction of sp³-hybridized carbons (Fsp3) is 0.545. The molecule has 1 saturated carbocycles. The normalized spacial score (nSPS) is 27.1. The Bertz CT molecular complexity index is 887. The molecule has 2 aromatic rings. The van der Waals surface area contributed by atoms with Crippen LogP contribution in [0.25, 0.3) is 11.3 Å². The van der Waals surface area contributed by atoms with E-state index in [0.717, 1.165) is 61.4 Å². The summed E-state index contributed by atoms with van der Waals surface area (Å²) in [7, 11) is 0. The van der Waals surface area contributed by atoms with E-state index < -0.39 is 6.23 Å². The molecule has 3 aliphatic rings. The fourth-order valence-electron chi connectivity index (χ4n) is 4.43. The van der Waals surface area contributed by atoms with Crippen molar-refractivity contribution in [1.29, 1.82) is 0 Å². The zero-order chi connectivity index (χ0) is 19.3. The first-order valence-electron chi connectivity index (χ1n) is 10.5. The van der Waals surface area contributed by atoms with Crippen molar-refractivity contribution < 1.29 is 10.2 Å². The zero-order valence-corrected chi connectivity index (χ0v) is 16.3. The average Bonchev–Trinajstić information content (AvgIpc) is 3.17. The monoisotopic (exact) mass is 380 g/mol. The summed E-state index contributed by atoms with van der Waals surface area (Å²) >= 11 is 0. The zero-order valence-electron chi connectivity index (χ0n) is 16.3. The Labute approximate surface area is 165 Å². The minimum absolute atomic E-state index is 0.0264. The minimum Gasteiger partial charge on any atom is -0.392 e. The number of rotatable bonds is 5. The fourth-order valence-corrected chi connectivity index (χ4v) is 4.43. The number of nitrogens with zero attached hydrogens (tertiary/aromatic N) is 3. The molecule has 1 aliphatic heterocycles. The van der Waals surface area contributed by atoms with Gasteiger partial charge in [-0.25, -0.2) is 9.97 Å². The molecule has 0 radical (unpaired) electrons. The van der Waals surface area contributed by atoms with E-state index in [1.807, 2.05) is 18.2 Å². The summed E-state index contributed by atoms with van der Waals surface area (Å²) in [5.74, 6) is 0.844. The Balaban J connectivity index is 1.47. The molecule has 6 heteroatoms. The molecular formula is C22H28N4O2. The van der Waals surface area contributed by atoms with Gasteiger partial charge in [0, 0.05) is 35.4 Å². The third-order valence-corrected chi connectivity index (χ3v) is 6.58. The topological polar surface area (TPSA) is 81.5 Å². The molecule has 0 spiro atoms. The van der Waals surface area contributed by atoms with Gasteiger partial charge in [-0.15, -0.1) is 0 Å². The molecular weight excluding hydrogens is 352 g/mol. The van der Waals surface area contributed by atoms with Gasteiger partial charge in [0.05, 0.1) is 11.8 Å². The second-order valence-corrected chi connectivity index (χ2v) is 8.43. The van der Waals surface area contributed by atoms with Gasteiger partial charge < -0.3 is 15.1 Å². The number of benzene rings is 1. The largest absolute Gasteiger partial charge is 0.392 e. The first kappa shape index (κ1) is 18.0. The van der Waals surface area contributed by atoms with Crippen LogP contribution in [-0.2, 0) is 12.8 Å². The molecule has 2 unspecified atom stereocenters. The number of nitrogens with one attached hydrogen (secondary N) is 1. The van der Waals surface area contributed by atoms with Crippen LogP contribution in [-0.4, -0.2) is 44.9 Å². The van der Waals surface area contributed by atoms with Gasteiger partial charge in [-0.3, -0.25) is 5.32 Å². The Hall–Kier alpha value is -2.02. The third kappa shape index (κ3) is 3.09. The smallest absolute Gasteiger partial charge is 0.226 e. The van der Waals surface area contributed by atoms with Crippen LogP contribution in [0.5, 0.6) is 0 Å². The van der Waals surface area contributed by atoms with Crippen LogP contribution < -0.4 is 10.2 Å². The number of aromatic nitrogens is 2. The lowest BCUT2D eigenvalue weighted by atomic mass is 9.89. The number of anilines is 1. The molecule has 1 saturated heterocycles. The molecule has 28 heavy (non-hydrogen) atoms. The van der Waals surface area contributed by atoms with Gasteiger partial charge >= 0.3 is 0 Å². The predicted octanol–water partition coefficient (Wildman–Crippen LogP) is 2.33. The van der Waals surface area contributed by atoms with Crippen LogP contribution in [0.3, 0.4) is 0 Å². The number of aliphatic hydroxyl groups excluding tert-OH is 2. The van der Waals surface area contributed by atoms with Crippen molar-refractivity contribution in [1.82, 2.24) is 15.3 Å². The first-order valence-corrected chi connectivity index (χ1v) is 10.5. The lowest BCUT2D eigenvalue weighted by Gasteiger charge is -2.39. The van der Waals surface area contributed by atoms with Crippen LogP contribution in [0.15, 0.2) is 24.3 Å². The maximum Gasteiger partial charge on any atom is 0.226 e. The summed E-state index contributed by atoms with van der Waals surface area (Å²) < 4.78 is 0. The third-order valence-electron chi connectivity index (χ3n) is 6.58. The summed E-state index contributed by atoms with van der Waals surface area (Å²) in [6, 6.07) is 8.46. The number of hydrogen-bond acceptors (Lipinski definition) is 6. The van der Waals surface area contributed by atoms with Gasteiger partial charge in [0.2, 0.25) is 5.95 Å². The second-order valence-electron chi connectivity index (χ2n) is 8.43. The van der Waals surface area contributed by atoms with Gasteiger partial charge in [0.15, 0.2) is 0 Å². The van der Waals surface area contributed by atoms with Gasteiger partial charge in [-0.2, -0.15) is 0 Å². The molecule has 5 rings (SSSR count). The molecule has 1 aromatic carbocycles. The van der Waals surface area contributed by atoms with Crippen molar-refractivity contribution in [2.24, 2.45) is 0 Å². The average molecular weight is 380 g/mol. The number of fused-ring (bicyclic) bond motifs is 1. The molecule has 0 amide bonds. The number of hydrogen-bond donors (Lipinski definition) is 3. The molecule has 3 N–H and O–H groups in total. The second kappa shape index (κ2) is 7.10. The van der Waals surface area contributed by atoms with Crippen LogP contribution in [0.4, 0.5) is 5.95 Å². The molecule has 4 atom stereocenters. The lowest BCUT2D eigenvalue weighted by molar-refractivity contribution is 0.0103. The van der Waals surface area contributed by atoms with Gasteiger partial charge in [0.1, 0.15) is 6.23 Å². The number of aliphatic hydroxyl groups is 2. The van der Waals surface area contributed by atoms with E-state index in [2.05, 4.69) is 23.2 Å². The Morgan fingerprint density at radius 3 is 2.75 bits per heavy atom. The van der Waals surface area contributed by atoms with Crippen molar-refractivity contribution in [3.63, 3.8) is 0 Å². The summed E-state index contributed by atoms with van der Waals surface area (Å²) in [5, 5.41) is 23.5. The highest BCUT2D eigenvalue weighted by Crippen LogP contribution is 2.34. The molecule has 0 bridgehead atoms. The van der Waals surface area contributed by atoms with Crippen molar-refractivity contribution in [3.05, 3.63) is 41.1 Å². The Morgan fingerprint density at radius 1 is 1.18 bits per heavy atom. The first-order chi connectivity index (χ1) is 13.6. The van der Waals surface area contributed by atoms with E-state index >= 15 is 0 Å². The van der Waals surface area contributed by atoms with Crippen LogP contribution in [0.2, 0.25) is 0 Å². The predicted molar refractivity (Wildman–Crippen MR) is 108 cm³/mol. The summed E-state index contributed by atoms with van der Waals surface area (Å²) in [6.07, 6.45) is 4.90. The van der Waals surface area contributed by atoms with Crippen molar-refractivity contribution in [3.8, 4) is 11.3 Å². The van der Waals surface area contributed by atoms with E-state index in [1.165, 1.54) is 17.7 Å². The van der Waals surface area contributed by atoms with Crippen LogP contribution in [0.1, 0.15) is 55.7 Å². The maximum absolute atomic E-state index is 10.6. The Kier molecular flexibility index (Phi) is 4.57. The number of aryl methyl sites for hydroxylation is 1. The van der Waals surface area contributed by atoms with Crippen molar-refractivity contribution >= 4 is 5.95 Å². The highest BCUT2D eigenvalue weighted by atomic mass is 16.3. The highest BCUT2D eigenvalue weighted by Gasteiger charge is 2.31. The molecule has 2 aliphatic carbocycles. The highest BCUT2D eigenvalue weighted by molar-refractivity contribution is 5.67.